The lowest BCUT2D eigenvalue weighted by molar-refractivity contribution is -0.131. The Morgan fingerprint density at radius 1 is 1.17 bits per heavy atom. The highest BCUT2D eigenvalue weighted by Gasteiger charge is 2.21. The molecule has 0 aliphatic carbocycles. The quantitative estimate of drug-likeness (QED) is 0.599. The van der Waals surface area contributed by atoms with Crippen molar-refractivity contribution < 1.29 is 4.79 Å². The predicted molar refractivity (Wildman–Crippen MR) is 97.7 cm³/mol. The number of carbonyl (C=O) groups is 1. The maximum atomic E-state index is 12.3. The van der Waals surface area contributed by atoms with Crippen molar-refractivity contribution in [2.45, 2.75) is 32.7 Å². The number of likely N-dealkylation sites (tertiary alicyclic amines) is 1. The molecule has 23 heavy (non-hydrogen) atoms. The molecule has 1 saturated heterocycles. The number of hydrogen-bond donors (Lipinski definition) is 0. The fourth-order valence-corrected chi connectivity index (χ4v) is 3.06. The normalized spacial score (nSPS) is 17.0. The van der Waals surface area contributed by atoms with Gasteiger partial charge < -0.3 is 14.7 Å². The van der Waals surface area contributed by atoms with Crippen LogP contribution in [0.1, 0.15) is 26.7 Å². The standard InChI is InChI=1S/C18H36N4O/c1-7-22(14-16(2)3)18(23)15-20(5)12-13-21(6)17-8-10-19(4)11-9-17/h17H,2,7-15H2,1,3-6H3. The summed E-state index contributed by atoms with van der Waals surface area (Å²) >= 11 is 0. The van der Waals surface area contributed by atoms with Crippen molar-refractivity contribution in [1.29, 1.82) is 0 Å². The van der Waals surface area contributed by atoms with E-state index in [0.717, 1.165) is 25.2 Å². The molecule has 0 atom stereocenters. The molecule has 0 unspecified atom stereocenters. The summed E-state index contributed by atoms with van der Waals surface area (Å²) in [5.41, 5.74) is 1.03. The number of hydrogen-bond acceptors (Lipinski definition) is 4. The highest BCUT2D eigenvalue weighted by molar-refractivity contribution is 5.78. The molecule has 1 amide bonds. The van der Waals surface area contributed by atoms with Crippen LogP contribution < -0.4 is 0 Å². The lowest BCUT2D eigenvalue weighted by Crippen LogP contribution is -2.45. The number of likely N-dealkylation sites (N-methyl/N-ethyl adjacent to an activating group) is 3. The van der Waals surface area contributed by atoms with Crippen LogP contribution in [0.4, 0.5) is 0 Å². The summed E-state index contributed by atoms with van der Waals surface area (Å²) in [4.78, 5) is 21.2. The summed E-state index contributed by atoms with van der Waals surface area (Å²) in [5.74, 6) is 0.194. The fourth-order valence-electron chi connectivity index (χ4n) is 3.06. The summed E-state index contributed by atoms with van der Waals surface area (Å²) in [5, 5.41) is 0. The Bertz CT molecular complexity index is 377. The van der Waals surface area contributed by atoms with E-state index in [2.05, 4.69) is 35.4 Å². The van der Waals surface area contributed by atoms with Crippen molar-refractivity contribution in [1.82, 2.24) is 19.6 Å². The Labute approximate surface area is 142 Å². The van der Waals surface area contributed by atoms with Crippen molar-refractivity contribution in [3.63, 3.8) is 0 Å². The molecule has 0 saturated carbocycles. The third-order valence-electron chi connectivity index (χ3n) is 4.75. The molecule has 0 bridgehead atoms. The molecule has 1 aliphatic rings. The van der Waals surface area contributed by atoms with E-state index in [9.17, 15) is 4.79 Å². The van der Waals surface area contributed by atoms with Crippen LogP contribution in [0.2, 0.25) is 0 Å². The van der Waals surface area contributed by atoms with Crippen molar-refractivity contribution in [2.75, 3.05) is 67.0 Å². The third-order valence-corrected chi connectivity index (χ3v) is 4.75. The van der Waals surface area contributed by atoms with Gasteiger partial charge in [0.15, 0.2) is 0 Å². The lowest BCUT2D eigenvalue weighted by Gasteiger charge is -2.35. The van der Waals surface area contributed by atoms with E-state index >= 15 is 0 Å². The number of amides is 1. The van der Waals surface area contributed by atoms with Gasteiger partial charge in [0.05, 0.1) is 6.54 Å². The predicted octanol–water partition coefficient (Wildman–Crippen LogP) is 1.37. The van der Waals surface area contributed by atoms with E-state index in [-0.39, 0.29) is 5.91 Å². The summed E-state index contributed by atoms with van der Waals surface area (Å²) < 4.78 is 0. The summed E-state index contributed by atoms with van der Waals surface area (Å²) in [6.07, 6.45) is 2.50. The van der Waals surface area contributed by atoms with Gasteiger partial charge in [0, 0.05) is 32.2 Å². The second-order valence-electron chi connectivity index (χ2n) is 7.12. The van der Waals surface area contributed by atoms with Gasteiger partial charge in [0.25, 0.3) is 0 Å². The van der Waals surface area contributed by atoms with Crippen molar-refractivity contribution in [3.8, 4) is 0 Å². The Hall–Kier alpha value is -0.910. The molecule has 0 aromatic heterocycles. The van der Waals surface area contributed by atoms with Gasteiger partial charge in [-0.3, -0.25) is 9.69 Å². The van der Waals surface area contributed by atoms with E-state index in [1.54, 1.807) is 0 Å². The first-order valence-corrected chi connectivity index (χ1v) is 8.83. The SMILES string of the molecule is C=C(C)CN(CC)C(=O)CN(C)CCN(C)C1CCN(C)CC1. The minimum absolute atomic E-state index is 0.194. The molecule has 0 aromatic carbocycles. The molecule has 0 aromatic rings. The van der Waals surface area contributed by atoms with E-state index in [4.69, 9.17) is 0 Å². The Kier molecular flexibility index (Phi) is 8.81. The number of rotatable bonds is 9. The molecule has 134 valence electrons. The molecule has 1 aliphatic heterocycles. The fraction of sp³-hybridized carbons (Fsp3) is 0.833. The molecule has 5 heteroatoms. The molecule has 1 heterocycles. The summed E-state index contributed by atoms with van der Waals surface area (Å²) in [6, 6.07) is 0.686. The van der Waals surface area contributed by atoms with Gasteiger partial charge >= 0.3 is 0 Å². The minimum atomic E-state index is 0.194. The van der Waals surface area contributed by atoms with Gasteiger partial charge in [0.1, 0.15) is 0 Å². The molecule has 1 fully saturated rings. The van der Waals surface area contributed by atoms with Crippen LogP contribution in [0, 0.1) is 0 Å². The molecule has 0 spiro atoms. The van der Waals surface area contributed by atoms with Crippen molar-refractivity contribution >= 4 is 5.91 Å². The van der Waals surface area contributed by atoms with Gasteiger partial charge in [-0.25, -0.2) is 0 Å². The number of carbonyl (C=O) groups excluding carboxylic acids is 1. The highest BCUT2D eigenvalue weighted by Crippen LogP contribution is 2.13. The Morgan fingerprint density at radius 3 is 2.30 bits per heavy atom. The Balaban J connectivity index is 2.31. The Morgan fingerprint density at radius 2 is 1.78 bits per heavy atom. The van der Waals surface area contributed by atoms with Crippen LogP contribution in [0.5, 0.6) is 0 Å². The highest BCUT2D eigenvalue weighted by atomic mass is 16.2. The maximum absolute atomic E-state index is 12.3. The average molecular weight is 325 g/mol. The number of piperidine rings is 1. The molecule has 1 rings (SSSR count). The zero-order valence-electron chi connectivity index (χ0n) is 15.8. The summed E-state index contributed by atoms with van der Waals surface area (Å²) in [6.45, 7) is 14.1. The van der Waals surface area contributed by atoms with E-state index in [0.29, 0.717) is 19.1 Å². The van der Waals surface area contributed by atoms with Crippen LogP contribution in [0.3, 0.4) is 0 Å². The topological polar surface area (TPSA) is 30.0 Å². The monoisotopic (exact) mass is 324 g/mol. The van der Waals surface area contributed by atoms with Crippen LogP contribution in [-0.2, 0) is 4.79 Å². The van der Waals surface area contributed by atoms with E-state index < -0.39 is 0 Å². The van der Waals surface area contributed by atoms with Crippen LogP contribution in [0.25, 0.3) is 0 Å². The first kappa shape index (κ1) is 20.1. The van der Waals surface area contributed by atoms with Crippen LogP contribution in [-0.4, -0.2) is 98.5 Å². The average Bonchev–Trinajstić information content (AvgIpc) is 2.50. The van der Waals surface area contributed by atoms with Crippen molar-refractivity contribution in [3.05, 3.63) is 12.2 Å². The second kappa shape index (κ2) is 10.1. The van der Waals surface area contributed by atoms with Gasteiger partial charge in [-0.05, 0) is 60.9 Å². The first-order chi connectivity index (χ1) is 10.8. The van der Waals surface area contributed by atoms with Crippen LogP contribution in [0.15, 0.2) is 12.2 Å². The zero-order chi connectivity index (χ0) is 17.4. The molecular weight excluding hydrogens is 288 g/mol. The second-order valence-corrected chi connectivity index (χ2v) is 7.12. The van der Waals surface area contributed by atoms with Gasteiger partial charge in [0.2, 0.25) is 5.91 Å². The zero-order valence-corrected chi connectivity index (χ0v) is 15.8. The number of nitrogens with zero attached hydrogens (tertiary/aromatic N) is 4. The third kappa shape index (κ3) is 7.46. The largest absolute Gasteiger partial charge is 0.338 e. The van der Waals surface area contributed by atoms with Gasteiger partial charge in [-0.2, -0.15) is 0 Å². The smallest absolute Gasteiger partial charge is 0.237 e. The maximum Gasteiger partial charge on any atom is 0.237 e. The van der Waals surface area contributed by atoms with Crippen molar-refractivity contribution in [2.24, 2.45) is 0 Å². The summed E-state index contributed by atoms with van der Waals surface area (Å²) in [7, 11) is 6.44. The first-order valence-electron chi connectivity index (χ1n) is 8.83. The molecular formula is C18H36N4O. The molecule has 0 N–H and O–H groups in total. The molecule has 0 radical (unpaired) electrons. The van der Waals surface area contributed by atoms with E-state index in [1.807, 2.05) is 25.8 Å². The van der Waals surface area contributed by atoms with Crippen LogP contribution >= 0.6 is 0 Å². The van der Waals surface area contributed by atoms with Gasteiger partial charge in [-0.15, -0.1) is 0 Å². The van der Waals surface area contributed by atoms with E-state index in [1.165, 1.54) is 25.9 Å². The molecule has 5 nitrogen and oxygen atoms in total. The minimum Gasteiger partial charge on any atom is -0.338 e. The van der Waals surface area contributed by atoms with Gasteiger partial charge in [-0.1, -0.05) is 12.2 Å². The lowest BCUT2D eigenvalue weighted by atomic mass is 10.0.